The SMILES string of the molecule is CC(NC(=O)CCCCC1CCSS1)c1ccc(-n2cncn2)cc1. The maximum Gasteiger partial charge on any atom is 0.220 e. The van der Waals surface area contributed by atoms with E-state index in [0.717, 1.165) is 29.3 Å². The highest BCUT2D eigenvalue weighted by Gasteiger charge is 2.16. The van der Waals surface area contributed by atoms with Crippen molar-refractivity contribution < 1.29 is 4.79 Å². The molecule has 1 saturated heterocycles. The number of unbranched alkanes of at least 4 members (excludes halogenated alkanes) is 1. The molecule has 1 aromatic heterocycles. The fourth-order valence-corrected chi connectivity index (χ4v) is 5.90. The number of carbonyl (C=O) groups excluding carboxylic acids is 1. The first-order valence-corrected chi connectivity index (χ1v) is 11.1. The van der Waals surface area contributed by atoms with Crippen LogP contribution in [0, 0.1) is 0 Å². The van der Waals surface area contributed by atoms with Gasteiger partial charge in [0.1, 0.15) is 12.7 Å². The van der Waals surface area contributed by atoms with Crippen LogP contribution in [0.15, 0.2) is 36.9 Å². The molecule has 1 fully saturated rings. The minimum absolute atomic E-state index is 0.0130. The quantitative estimate of drug-likeness (QED) is 0.554. The van der Waals surface area contributed by atoms with Crippen LogP contribution < -0.4 is 5.32 Å². The van der Waals surface area contributed by atoms with Crippen molar-refractivity contribution in [2.75, 3.05) is 5.75 Å². The Morgan fingerprint density at radius 1 is 1.36 bits per heavy atom. The van der Waals surface area contributed by atoms with Crippen LogP contribution >= 0.6 is 21.6 Å². The summed E-state index contributed by atoms with van der Waals surface area (Å²) in [5.41, 5.74) is 2.05. The zero-order chi connectivity index (χ0) is 17.5. The maximum absolute atomic E-state index is 12.1. The van der Waals surface area contributed by atoms with Crippen molar-refractivity contribution >= 4 is 27.5 Å². The molecule has 1 aliphatic rings. The van der Waals surface area contributed by atoms with E-state index in [4.69, 9.17) is 0 Å². The van der Waals surface area contributed by atoms with Crippen LogP contribution in [0.5, 0.6) is 0 Å². The van der Waals surface area contributed by atoms with Gasteiger partial charge in [-0.2, -0.15) is 5.10 Å². The molecule has 7 heteroatoms. The van der Waals surface area contributed by atoms with E-state index < -0.39 is 0 Å². The molecule has 0 bridgehead atoms. The molecule has 25 heavy (non-hydrogen) atoms. The normalized spacial score (nSPS) is 18.2. The summed E-state index contributed by atoms with van der Waals surface area (Å²) in [6.07, 6.45) is 8.49. The van der Waals surface area contributed by atoms with E-state index in [2.05, 4.69) is 15.4 Å². The smallest absolute Gasteiger partial charge is 0.220 e. The number of rotatable bonds is 8. The minimum atomic E-state index is 0.0130. The third kappa shape index (κ3) is 5.51. The molecule has 2 atom stereocenters. The molecule has 2 aromatic rings. The van der Waals surface area contributed by atoms with Crippen LogP contribution in [0.25, 0.3) is 5.69 Å². The molecular weight excluding hydrogens is 352 g/mol. The topological polar surface area (TPSA) is 59.8 Å². The highest BCUT2D eigenvalue weighted by molar-refractivity contribution is 8.77. The molecule has 0 radical (unpaired) electrons. The largest absolute Gasteiger partial charge is 0.350 e. The van der Waals surface area contributed by atoms with E-state index in [-0.39, 0.29) is 11.9 Å². The van der Waals surface area contributed by atoms with Gasteiger partial charge in [-0.1, -0.05) is 40.1 Å². The summed E-state index contributed by atoms with van der Waals surface area (Å²) in [4.78, 5) is 16.1. The molecule has 0 saturated carbocycles. The summed E-state index contributed by atoms with van der Waals surface area (Å²) in [6, 6.07) is 8.04. The van der Waals surface area contributed by atoms with Crippen molar-refractivity contribution in [3.63, 3.8) is 0 Å². The van der Waals surface area contributed by atoms with Crippen molar-refractivity contribution in [2.45, 2.75) is 50.3 Å². The second-order valence-electron chi connectivity index (χ2n) is 6.30. The summed E-state index contributed by atoms with van der Waals surface area (Å²) in [5.74, 6) is 1.42. The highest BCUT2D eigenvalue weighted by atomic mass is 33.1. The van der Waals surface area contributed by atoms with Crippen LogP contribution in [-0.2, 0) is 4.79 Å². The zero-order valence-corrected chi connectivity index (χ0v) is 16.1. The van der Waals surface area contributed by atoms with Crippen LogP contribution in [0.3, 0.4) is 0 Å². The predicted molar refractivity (Wildman–Crippen MR) is 105 cm³/mol. The predicted octanol–water partition coefficient (Wildman–Crippen LogP) is 4.16. The van der Waals surface area contributed by atoms with Crippen molar-refractivity contribution in [1.82, 2.24) is 20.1 Å². The van der Waals surface area contributed by atoms with Crippen LogP contribution in [-0.4, -0.2) is 31.7 Å². The first-order chi connectivity index (χ1) is 12.2. The molecule has 0 spiro atoms. The number of nitrogens with zero attached hydrogens (tertiary/aromatic N) is 3. The summed E-state index contributed by atoms with van der Waals surface area (Å²) in [6.45, 7) is 2.02. The van der Waals surface area contributed by atoms with E-state index in [1.54, 1.807) is 11.0 Å². The van der Waals surface area contributed by atoms with Crippen molar-refractivity contribution in [2.24, 2.45) is 0 Å². The lowest BCUT2D eigenvalue weighted by atomic mass is 10.1. The number of benzene rings is 1. The fourth-order valence-electron chi connectivity index (χ4n) is 2.88. The number of carbonyl (C=O) groups is 1. The second-order valence-corrected chi connectivity index (χ2v) is 9.08. The first-order valence-electron chi connectivity index (χ1n) is 8.75. The maximum atomic E-state index is 12.1. The Labute approximate surface area is 156 Å². The standard InChI is InChI=1S/C18H24N4OS2/c1-14(15-6-8-16(9-7-15)22-13-19-12-20-22)21-18(23)5-3-2-4-17-10-11-24-25-17/h6-9,12-14,17H,2-5,10-11H2,1H3,(H,21,23). The second kappa shape index (κ2) is 9.29. The lowest BCUT2D eigenvalue weighted by molar-refractivity contribution is -0.121. The Balaban J connectivity index is 1.40. The monoisotopic (exact) mass is 376 g/mol. The Morgan fingerprint density at radius 2 is 2.20 bits per heavy atom. The van der Waals surface area contributed by atoms with Gasteiger partial charge in [0.25, 0.3) is 0 Å². The van der Waals surface area contributed by atoms with E-state index in [1.165, 1.54) is 24.9 Å². The van der Waals surface area contributed by atoms with Crippen molar-refractivity contribution in [3.05, 3.63) is 42.5 Å². The molecule has 3 rings (SSSR count). The Morgan fingerprint density at radius 3 is 2.88 bits per heavy atom. The molecule has 2 unspecified atom stereocenters. The molecule has 1 amide bonds. The van der Waals surface area contributed by atoms with E-state index in [9.17, 15) is 4.79 Å². The van der Waals surface area contributed by atoms with Crippen LogP contribution in [0.1, 0.15) is 50.6 Å². The van der Waals surface area contributed by atoms with E-state index >= 15 is 0 Å². The van der Waals surface area contributed by atoms with Crippen molar-refractivity contribution in [3.8, 4) is 5.69 Å². The summed E-state index contributed by atoms with van der Waals surface area (Å²) in [7, 11) is 4.00. The summed E-state index contributed by atoms with van der Waals surface area (Å²) in [5, 5.41) is 8.01. The van der Waals surface area contributed by atoms with Crippen molar-refractivity contribution in [1.29, 1.82) is 0 Å². The van der Waals surface area contributed by atoms with Gasteiger partial charge < -0.3 is 5.32 Å². The van der Waals surface area contributed by atoms with E-state index in [1.807, 2.05) is 52.8 Å². The third-order valence-electron chi connectivity index (χ3n) is 4.36. The average molecular weight is 377 g/mol. The van der Waals surface area contributed by atoms with E-state index in [0.29, 0.717) is 6.42 Å². The zero-order valence-electron chi connectivity index (χ0n) is 14.4. The lowest BCUT2D eigenvalue weighted by Gasteiger charge is -2.15. The Hall–Kier alpha value is -1.47. The van der Waals surface area contributed by atoms with Gasteiger partial charge in [0, 0.05) is 17.4 Å². The van der Waals surface area contributed by atoms with Gasteiger partial charge in [-0.05, 0) is 43.9 Å². The Kier molecular flexibility index (Phi) is 6.81. The summed E-state index contributed by atoms with van der Waals surface area (Å²) >= 11 is 0. The highest BCUT2D eigenvalue weighted by Crippen LogP contribution is 2.39. The first kappa shape index (κ1) is 18.3. The van der Waals surface area contributed by atoms with Crippen LogP contribution in [0.2, 0.25) is 0 Å². The van der Waals surface area contributed by atoms with Gasteiger partial charge in [-0.15, -0.1) is 0 Å². The number of amides is 1. The molecule has 2 heterocycles. The van der Waals surface area contributed by atoms with Gasteiger partial charge >= 0.3 is 0 Å². The third-order valence-corrected chi connectivity index (χ3v) is 7.37. The minimum Gasteiger partial charge on any atom is -0.350 e. The Bertz CT molecular complexity index is 654. The molecule has 1 aromatic carbocycles. The van der Waals surface area contributed by atoms with Gasteiger partial charge in [0.2, 0.25) is 5.91 Å². The summed E-state index contributed by atoms with van der Waals surface area (Å²) < 4.78 is 1.72. The molecular formula is C18H24N4OS2. The van der Waals surface area contributed by atoms with Gasteiger partial charge in [0.15, 0.2) is 0 Å². The molecule has 5 nitrogen and oxygen atoms in total. The van der Waals surface area contributed by atoms with Crippen LogP contribution in [0.4, 0.5) is 0 Å². The molecule has 0 aliphatic carbocycles. The number of nitrogens with one attached hydrogen (secondary N) is 1. The molecule has 134 valence electrons. The molecule has 1 aliphatic heterocycles. The van der Waals surface area contributed by atoms with Gasteiger partial charge in [-0.25, -0.2) is 9.67 Å². The molecule has 1 N–H and O–H groups in total. The lowest BCUT2D eigenvalue weighted by Crippen LogP contribution is -2.26. The van der Waals surface area contributed by atoms with Gasteiger partial charge in [0.05, 0.1) is 11.7 Å². The number of hydrogen-bond donors (Lipinski definition) is 1. The average Bonchev–Trinajstić information content (AvgIpc) is 3.32. The fraction of sp³-hybridized carbons (Fsp3) is 0.500. The number of hydrogen-bond acceptors (Lipinski definition) is 5. The number of aromatic nitrogens is 3. The van der Waals surface area contributed by atoms with Gasteiger partial charge in [-0.3, -0.25) is 4.79 Å².